The molecule has 3 rings (SSSR count). The topological polar surface area (TPSA) is 72.2 Å². The van der Waals surface area contributed by atoms with E-state index in [1.54, 1.807) is 4.52 Å². The van der Waals surface area contributed by atoms with Gasteiger partial charge in [-0.25, -0.2) is 9.50 Å². The molecule has 6 heteroatoms. The summed E-state index contributed by atoms with van der Waals surface area (Å²) >= 11 is 0. The third kappa shape index (κ3) is 3.57. The second-order valence-corrected chi connectivity index (χ2v) is 6.12. The highest BCUT2D eigenvalue weighted by atomic mass is 16.1. The van der Waals surface area contributed by atoms with Gasteiger partial charge in [0.1, 0.15) is 6.33 Å². The van der Waals surface area contributed by atoms with E-state index in [2.05, 4.69) is 26.5 Å². The summed E-state index contributed by atoms with van der Waals surface area (Å²) in [4.78, 5) is 20.7. The van der Waals surface area contributed by atoms with Gasteiger partial charge in [0.15, 0.2) is 0 Å². The standard InChI is InChI=1S/C17H23N5O/c1-12-15(13(2)22-17(21-12)19-11-20-22)10-16(23)18-9-8-14-6-4-3-5-7-14/h6,11H,3-5,7-10H2,1-2H3,(H,18,23). The van der Waals surface area contributed by atoms with Crippen molar-refractivity contribution in [2.75, 3.05) is 6.54 Å². The molecule has 0 saturated carbocycles. The van der Waals surface area contributed by atoms with Crippen LogP contribution in [0.25, 0.3) is 5.78 Å². The van der Waals surface area contributed by atoms with Crippen molar-refractivity contribution >= 4 is 11.7 Å². The molecule has 0 fully saturated rings. The maximum Gasteiger partial charge on any atom is 0.252 e. The average molecular weight is 313 g/mol. The number of carbonyl (C=O) groups excluding carboxylic acids is 1. The number of nitrogens with one attached hydrogen (secondary N) is 1. The average Bonchev–Trinajstić information content (AvgIpc) is 3.01. The van der Waals surface area contributed by atoms with E-state index < -0.39 is 0 Å². The minimum absolute atomic E-state index is 0.0360. The van der Waals surface area contributed by atoms with E-state index in [1.165, 1.54) is 37.6 Å². The van der Waals surface area contributed by atoms with Crippen molar-refractivity contribution in [2.45, 2.75) is 52.4 Å². The molecule has 0 spiro atoms. The van der Waals surface area contributed by atoms with Gasteiger partial charge < -0.3 is 5.32 Å². The van der Waals surface area contributed by atoms with Crippen LogP contribution in [-0.4, -0.2) is 32.0 Å². The van der Waals surface area contributed by atoms with Gasteiger partial charge in [0.05, 0.1) is 6.42 Å². The molecule has 2 heterocycles. The van der Waals surface area contributed by atoms with E-state index in [9.17, 15) is 4.79 Å². The molecule has 1 N–H and O–H groups in total. The summed E-state index contributed by atoms with van der Waals surface area (Å²) in [5, 5.41) is 7.18. The predicted molar refractivity (Wildman–Crippen MR) is 88.1 cm³/mol. The fourth-order valence-electron chi connectivity index (χ4n) is 3.13. The summed E-state index contributed by atoms with van der Waals surface area (Å²) in [6, 6.07) is 0. The summed E-state index contributed by atoms with van der Waals surface area (Å²) in [5.74, 6) is 0.613. The maximum absolute atomic E-state index is 12.2. The molecule has 23 heavy (non-hydrogen) atoms. The number of nitrogens with zero attached hydrogens (tertiary/aromatic N) is 4. The van der Waals surface area contributed by atoms with E-state index >= 15 is 0 Å². The molecule has 6 nitrogen and oxygen atoms in total. The second kappa shape index (κ2) is 6.89. The van der Waals surface area contributed by atoms with Crippen molar-refractivity contribution in [3.8, 4) is 0 Å². The molecule has 0 atom stereocenters. The Morgan fingerprint density at radius 1 is 1.35 bits per heavy atom. The van der Waals surface area contributed by atoms with Crippen molar-refractivity contribution in [3.63, 3.8) is 0 Å². The molecule has 0 radical (unpaired) electrons. The van der Waals surface area contributed by atoms with Crippen molar-refractivity contribution in [2.24, 2.45) is 0 Å². The third-order valence-corrected chi connectivity index (χ3v) is 4.48. The lowest BCUT2D eigenvalue weighted by Gasteiger charge is -2.14. The van der Waals surface area contributed by atoms with E-state index in [0.717, 1.165) is 23.4 Å². The summed E-state index contributed by atoms with van der Waals surface area (Å²) in [7, 11) is 0. The molecule has 1 aliphatic carbocycles. The van der Waals surface area contributed by atoms with Crippen LogP contribution in [0.2, 0.25) is 0 Å². The minimum atomic E-state index is 0.0360. The Morgan fingerprint density at radius 3 is 3.00 bits per heavy atom. The molecule has 0 saturated heterocycles. The van der Waals surface area contributed by atoms with Gasteiger partial charge in [-0.05, 0) is 46.0 Å². The van der Waals surface area contributed by atoms with E-state index in [1.807, 2.05) is 13.8 Å². The van der Waals surface area contributed by atoms with Crippen LogP contribution >= 0.6 is 0 Å². The van der Waals surface area contributed by atoms with E-state index in [4.69, 9.17) is 0 Å². The van der Waals surface area contributed by atoms with Crippen LogP contribution in [0.15, 0.2) is 18.0 Å². The molecule has 1 amide bonds. The number of amides is 1. The first-order chi connectivity index (χ1) is 11.1. The Hall–Kier alpha value is -2.24. The largest absolute Gasteiger partial charge is 0.355 e. The number of fused-ring (bicyclic) bond motifs is 1. The molecular formula is C17H23N5O. The summed E-state index contributed by atoms with van der Waals surface area (Å²) < 4.78 is 1.68. The lowest BCUT2D eigenvalue weighted by atomic mass is 9.97. The molecule has 0 unspecified atom stereocenters. The first-order valence-electron chi connectivity index (χ1n) is 8.25. The van der Waals surface area contributed by atoms with Gasteiger partial charge in [-0.3, -0.25) is 4.79 Å². The molecule has 0 bridgehead atoms. The van der Waals surface area contributed by atoms with Crippen LogP contribution in [0.4, 0.5) is 0 Å². The third-order valence-electron chi connectivity index (χ3n) is 4.48. The van der Waals surface area contributed by atoms with Gasteiger partial charge in [-0.15, -0.1) is 0 Å². The molecule has 0 aliphatic heterocycles. The fourth-order valence-corrected chi connectivity index (χ4v) is 3.13. The minimum Gasteiger partial charge on any atom is -0.355 e. The predicted octanol–water partition coefficient (Wildman–Crippen LogP) is 2.29. The summed E-state index contributed by atoms with van der Waals surface area (Å²) in [6.07, 6.45) is 10.0. The highest BCUT2D eigenvalue weighted by Crippen LogP contribution is 2.19. The number of hydrogen-bond acceptors (Lipinski definition) is 4. The Balaban J connectivity index is 1.60. The van der Waals surface area contributed by atoms with Crippen LogP contribution in [-0.2, 0) is 11.2 Å². The van der Waals surface area contributed by atoms with E-state index in [-0.39, 0.29) is 5.91 Å². The van der Waals surface area contributed by atoms with Gasteiger partial charge in [0, 0.05) is 23.5 Å². The van der Waals surface area contributed by atoms with Crippen LogP contribution in [0.1, 0.15) is 49.1 Å². The highest BCUT2D eigenvalue weighted by molar-refractivity contribution is 5.79. The zero-order valence-corrected chi connectivity index (χ0v) is 13.8. The fraction of sp³-hybridized carbons (Fsp3) is 0.529. The Labute approximate surface area is 136 Å². The van der Waals surface area contributed by atoms with Crippen molar-refractivity contribution in [1.29, 1.82) is 0 Å². The lowest BCUT2D eigenvalue weighted by Crippen LogP contribution is -2.27. The quantitative estimate of drug-likeness (QED) is 0.860. The normalized spacial score (nSPS) is 14.8. The Bertz CT molecular complexity index is 747. The van der Waals surface area contributed by atoms with Crippen molar-refractivity contribution in [1.82, 2.24) is 24.9 Å². The molecule has 122 valence electrons. The van der Waals surface area contributed by atoms with Crippen LogP contribution in [0, 0.1) is 13.8 Å². The van der Waals surface area contributed by atoms with Crippen LogP contribution in [0.5, 0.6) is 0 Å². The van der Waals surface area contributed by atoms with Gasteiger partial charge in [0.25, 0.3) is 5.78 Å². The number of allylic oxidation sites excluding steroid dienone is 1. The van der Waals surface area contributed by atoms with E-state index in [0.29, 0.717) is 18.7 Å². The SMILES string of the molecule is Cc1nc2ncnn2c(C)c1CC(=O)NCCC1=CCCCC1. The number of hydrogen-bond donors (Lipinski definition) is 1. The monoisotopic (exact) mass is 313 g/mol. The number of carbonyl (C=O) groups is 1. The number of rotatable bonds is 5. The zero-order valence-electron chi connectivity index (χ0n) is 13.8. The molecule has 0 aromatic carbocycles. The van der Waals surface area contributed by atoms with Crippen molar-refractivity contribution in [3.05, 3.63) is 34.9 Å². The molecule has 2 aromatic rings. The Kier molecular flexibility index (Phi) is 4.69. The van der Waals surface area contributed by atoms with Gasteiger partial charge >= 0.3 is 0 Å². The zero-order chi connectivity index (χ0) is 16.2. The second-order valence-electron chi connectivity index (χ2n) is 6.12. The van der Waals surface area contributed by atoms with Gasteiger partial charge in [-0.2, -0.15) is 10.1 Å². The first kappa shape index (κ1) is 15.6. The number of aromatic nitrogens is 4. The van der Waals surface area contributed by atoms with Gasteiger partial charge in [0.2, 0.25) is 5.91 Å². The van der Waals surface area contributed by atoms with Gasteiger partial charge in [-0.1, -0.05) is 11.6 Å². The molecule has 1 aliphatic rings. The lowest BCUT2D eigenvalue weighted by molar-refractivity contribution is -0.120. The molecular weight excluding hydrogens is 290 g/mol. The maximum atomic E-state index is 12.2. The number of aryl methyl sites for hydroxylation is 2. The first-order valence-corrected chi connectivity index (χ1v) is 8.25. The van der Waals surface area contributed by atoms with Crippen molar-refractivity contribution < 1.29 is 4.79 Å². The Morgan fingerprint density at radius 2 is 2.22 bits per heavy atom. The van der Waals surface area contributed by atoms with Crippen LogP contribution < -0.4 is 5.32 Å². The smallest absolute Gasteiger partial charge is 0.252 e. The van der Waals surface area contributed by atoms with Crippen LogP contribution in [0.3, 0.4) is 0 Å². The summed E-state index contributed by atoms with van der Waals surface area (Å²) in [5.41, 5.74) is 4.18. The molecule has 2 aromatic heterocycles. The summed E-state index contributed by atoms with van der Waals surface area (Å²) in [6.45, 7) is 4.57. The highest BCUT2D eigenvalue weighted by Gasteiger charge is 2.14.